The first-order chi connectivity index (χ1) is 6.45. The van der Waals surface area contributed by atoms with E-state index in [0.29, 0.717) is 11.0 Å². The van der Waals surface area contributed by atoms with Gasteiger partial charge in [-0.1, -0.05) is 15.9 Å². The number of hydrogen-bond acceptors (Lipinski definition) is 1. The molecule has 78 valence electrons. The number of halogens is 2. The number of hydrogen-bond donors (Lipinski definition) is 1. The zero-order valence-electron chi connectivity index (χ0n) is 8.43. The average Bonchev–Trinajstić information content (AvgIpc) is 2.02. The van der Waals surface area contributed by atoms with Crippen LogP contribution in [0.2, 0.25) is 0 Å². The van der Waals surface area contributed by atoms with E-state index >= 15 is 0 Å². The van der Waals surface area contributed by atoms with Crippen molar-refractivity contribution in [2.75, 3.05) is 27.2 Å². The second-order valence-electron chi connectivity index (χ2n) is 3.82. The minimum Gasteiger partial charge on any atom is -0.326 e. The maximum absolute atomic E-state index is 13.1. The molecule has 0 spiro atoms. The number of benzene rings is 1. The summed E-state index contributed by atoms with van der Waals surface area (Å²) < 4.78 is 14.5. The number of likely N-dealkylation sites (N-methyl/N-ethyl adjacent to an activating group) is 1. The molecule has 1 aromatic rings. The number of rotatable bonds is 3. The van der Waals surface area contributed by atoms with Gasteiger partial charge in [-0.05, 0) is 6.07 Å². The Hall–Kier alpha value is -0.450. The summed E-state index contributed by atoms with van der Waals surface area (Å²) in [5, 5.41) is 0. The molecule has 14 heavy (non-hydrogen) atoms. The van der Waals surface area contributed by atoms with Gasteiger partial charge in [-0.3, -0.25) is 4.48 Å². The standard InChI is InChI=1S/C10H15BrFN2/c1-14(2,4-3-13)10-6-8(11)5-9(12)7-10/h5-7H,3-4,13H2,1-2H3/q+1. The van der Waals surface area contributed by atoms with Crippen LogP contribution in [0.15, 0.2) is 22.7 Å². The highest BCUT2D eigenvalue weighted by atomic mass is 79.9. The zero-order valence-corrected chi connectivity index (χ0v) is 10.0. The Balaban J connectivity index is 3.05. The minimum atomic E-state index is -0.224. The largest absolute Gasteiger partial charge is 0.326 e. The summed E-state index contributed by atoms with van der Waals surface area (Å²) in [5.74, 6) is -0.224. The van der Waals surface area contributed by atoms with Crippen molar-refractivity contribution in [3.63, 3.8) is 0 Å². The molecule has 0 aliphatic heterocycles. The molecule has 0 amide bonds. The predicted octanol–water partition coefficient (Wildman–Crippen LogP) is 2.11. The van der Waals surface area contributed by atoms with Crippen molar-refractivity contribution >= 4 is 21.6 Å². The summed E-state index contributed by atoms with van der Waals surface area (Å²) in [6.45, 7) is 1.37. The van der Waals surface area contributed by atoms with E-state index in [-0.39, 0.29) is 5.82 Å². The first kappa shape index (κ1) is 11.6. The number of quaternary nitrogens is 1. The lowest BCUT2D eigenvalue weighted by Gasteiger charge is -2.28. The van der Waals surface area contributed by atoms with E-state index in [9.17, 15) is 4.39 Å². The Morgan fingerprint density at radius 2 is 2.00 bits per heavy atom. The van der Waals surface area contributed by atoms with Gasteiger partial charge in [0, 0.05) is 23.2 Å². The molecular weight excluding hydrogens is 247 g/mol. The van der Waals surface area contributed by atoms with E-state index in [0.717, 1.165) is 16.7 Å². The maximum Gasteiger partial charge on any atom is 0.136 e. The van der Waals surface area contributed by atoms with E-state index in [1.54, 1.807) is 6.07 Å². The van der Waals surface area contributed by atoms with Crippen LogP contribution in [0.4, 0.5) is 10.1 Å². The summed E-state index contributed by atoms with van der Waals surface area (Å²) in [6.07, 6.45) is 0. The molecule has 0 aliphatic rings. The van der Waals surface area contributed by atoms with Gasteiger partial charge < -0.3 is 5.73 Å². The van der Waals surface area contributed by atoms with Crippen molar-refractivity contribution in [3.8, 4) is 0 Å². The van der Waals surface area contributed by atoms with Crippen molar-refractivity contribution in [1.29, 1.82) is 0 Å². The molecule has 4 heteroatoms. The molecule has 0 bridgehead atoms. The molecule has 0 saturated carbocycles. The Morgan fingerprint density at radius 1 is 1.36 bits per heavy atom. The SMILES string of the molecule is C[N+](C)(CCN)c1cc(F)cc(Br)c1. The van der Waals surface area contributed by atoms with Crippen LogP contribution in [0.25, 0.3) is 0 Å². The van der Waals surface area contributed by atoms with Gasteiger partial charge in [-0.25, -0.2) is 4.39 Å². The first-order valence-electron chi connectivity index (χ1n) is 4.45. The molecular formula is C10H15BrFN2+. The second kappa shape index (κ2) is 4.38. The van der Waals surface area contributed by atoms with Crippen LogP contribution < -0.4 is 10.2 Å². The molecule has 0 fully saturated rings. The molecule has 0 saturated heterocycles. The molecule has 0 aromatic heterocycles. The minimum absolute atomic E-state index is 0.224. The van der Waals surface area contributed by atoms with Crippen LogP contribution in [0.1, 0.15) is 0 Å². The molecule has 0 heterocycles. The van der Waals surface area contributed by atoms with Gasteiger partial charge in [0.1, 0.15) is 11.5 Å². The maximum atomic E-state index is 13.1. The molecule has 1 aromatic carbocycles. The average molecular weight is 262 g/mol. The Kier molecular flexibility index (Phi) is 3.64. The Labute approximate surface area is 92.2 Å². The summed E-state index contributed by atoms with van der Waals surface area (Å²) in [6, 6.07) is 4.91. The summed E-state index contributed by atoms with van der Waals surface area (Å²) in [5.41, 5.74) is 6.43. The topological polar surface area (TPSA) is 26.0 Å². The van der Waals surface area contributed by atoms with Gasteiger partial charge in [0.05, 0.1) is 20.6 Å². The highest BCUT2D eigenvalue weighted by Gasteiger charge is 2.19. The van der Waals surface area contributed by atoms with E-state index in [4.69, 9.17) is 5.73 Å². The number of nitrogens with zero attached hydrogens (tertiary/aromatic N) is 1. The fourth-order valence-electron chi connectivity index (χ4n) is 1.34. The van der Waals surface area contributed by atoms with Gasteiger partial charge >= 0.3 is 0 Å². The lowest BCUT2D eigenvalue weighted by molar-refractivity contribution is 0.406. The molecule has 0 atom stereocenters. The monoisotopic (exact) mass is 261 g/mol. The van der Waals surface area contributed by atoms with Crippen molar-refractivity contribution in [2.45, 2.75) is 0 Å². The molecule has 2 N–H and O–H groups in total. The quantitative estimate of drug-likeness (QED) is 0.829. The molecule has 0 unspecified atom stereocenters. The highest BCUT2D eigenvalue weighted by Crippen LogP contribution is 2.24. The van der Waals surface area contributed by atoms with E-state index in [1.807, 2.05) is 20.2 Å². The highest BCUT2D eigenvalue weighted by molar-refractivity contribution is 9.10. The molecule has 0 aliphatic carbocycles. The van der Waals surface area contributed by atoms with Crippen molar-refractivity contribution in [1.82, 2.24) is 4.48 Å². The van der Waals surface area contributed by atoms with Crippen LogP contribution in [0, 0.1) is 5.82 Å². The lowest BCUT2D eigenvalue weighted by atomic mass is 10.2. The third-order valence-electron chi connectivity index (χ3n) is 2.23. The fourth-order valence-corrected chi connectivity index (χ4v) is 1.79. The van der Waals surface area contributed by atoms with Gasteiger partial charge in [-0.2, -0.15) is 0 Å². The molecule has 0 radical (unpaired) electrons. The smallest absolute Gasteiger partial charge is 0.136 e. The normalized spacial score (nSPS) is 11.8. The van der Waals surface area contributed by atoms with Crippen molar-refractivity contribution in [3.05, 3.63) is 28.5 Å². The van der Waals surface area contributed by atoms with Crippen molar-refractivity contribution in [2.24, 2.45) is 5.73 Å². The molecule has 1 rings (SSSR count). The zero-order chi connectivity index (χ0) is 10.8. The number of nitrogens with two attached hydrogens (primary N) is 1. The Morgan fingerprint density at radius 3 is 2.50 bits per heavy atom. The van der Waals surface area contributed by atoms with Gasteiger partial charge in [0.2, 0.25) is 0 Å². The van der Waals surface area contributed by atoms with Crippen LogP contribution >= 0.6 is 15.9 Å². The fraction of sp³-hybridized carbons (Fsp3) is 0.400. The van der Waals surface area contributed by atoms with E-state index in [1.165, 1.54) is 6.07 Å². The summed E-state index contributed by atoms with van der Waals surface area (Å²) in [4.78, 5) is 0. The van der Waals surface area contributed by atoms with Gasteiger partial charge in [-0.15, -0.1) is 0 Å². The van der Waals surface area contributed by atoms with Crippen LogP contribution in [-0.4, -0.2) is 27.2 Å². The van der Waals surface area contributed by atoms with E-state index < -0.39 is 0 Å². The third kappa shape index (κ3) is 2.77. The van der Waals surface area contributed by atoms with Crippen molar-refractivity contribution < 1.29 is 4.39 Å². The van der Waals surface area contributed by atoms with Gasteiger partial charge in [0.15, 0.2) is 0 Å². The first-order valence-corrected chi connectivity index (χ1v) is 5.25. The second-order valence-corrected chi connectivity index (χ2v) is 4.74. The lowest BCUT2D eigenvalue weighted by Crippen LogP contribution is -2.44. The summed E-state index contributed by atoms with van der Waals surface area (Å²) >= 11 is 3.28. The summed E-state index contributed by atoms with van der Waals surface area (Å²) in [7, 11) is 4.02. The van der Waals surface area contributed by atoms with Crippen LogP contribution in [0.3, 0.4) is 0 Å². The van der Waals surface area contributed by atoms with Crippen LogP contribution in [0.5, 0.6) is 0 Å². The van der Waals surface area contributed by atoms with Crippen LogP contribution in [-0.2, 0) is 0 Å². The molecule has 2 nitrogen and oxygen atoms in total. The predicted molar refractivity (Wildman–Crippen MR) is 61.7 cm³/mol. The Bertz CT molecular complexity index is 306. The van der Waals surface area contributed by atoms with E-state index in [2.05, 4.69) is 15.9 Å². The third-order valence-corrected chi connectivity index (χ3v) is 2.69. The van der Waals surface area contributed by atoms with Gasteiger partial charge in [0.25, 0.3) is 0 Å².